The van der Waals surface area contributed by atoms with E-state index in [1.807, 2.05) is 6.92 Å². The molecule has 27 heavy (non-hydrogen) atoms. The Bertz CT molecular complexity index is 718. The van der Waals surface area contributed by atoms with E-state index in [-0.39, 0.29) is 17.4 Å². The van der Waals surface area contributed by atoms with Gasteiger partial charge in [-0.2, -0.15) is 9.97 Å². The van der Waals surface area contributed by atoms with Crippen LogP contribution in [0, 0.1) is 10.1 Å². The first kappa shape index (κ1) is 20.1. The molecule has 1 saturated heterocycles. The zero-order valence-corrected chi connectivity index (χ0v) is 16.5. The summed E-state index contributed by atoms with van der Waals surface area (Å²) < 4.78 is 16.8. The van der Waals surface area contributed by atoms with Gasteiger partial charge in [-0.25, -0.2) is 0 Å². The molecule has 1 aromatic rings. The van der Waals surface area contributed by atoms with Crippen LogP contribution < -0.4 is 10.1 Å². The third-order valence-corrected chi connectivity index (χ3v) is 5.45. The van der Waals surface area contributed by atoms with Crippen molar-refractivity contribution in [2.45, 2.75) is 68.9 Å². The molecule has 0 amide bonds. The highest BCUT2D eigenvalue weighted by atomic mass is 32.2. The Morgan fingerprint density at radius 1 is 1.41 bits per heavy atom. The minimum atomic E-state index is -0.825. The second-order valence-corrected chi connectivity index (χ2v) is 8.00. The third-order valence-electron chi connectivity index (χ3n) is 4.40. The van der Waals surface area contributed by atoms with Gasteiger partial charge >= 0.3 is 11.6 Å². The van der Waals surface area contributed by atoms with Crippen LogP contribution in [0.4, 0.5) is 11.5 Å². The van der Waals surface area contributed by atoms with Gasteiger partial charge in [0.2, 0.25) is 5.82 Å². The van der Waals surface area contributed by atoms with Crippen LogP contribution in [-0.4, -0.2) is 63.0 Å². The van der Waals surface area contributed by atoms with Gasteiger partial charge < -0.3 is 24.6 Å². The molecule has 150 valence electrons. The normalized spacial score (nSPS) is 28.8. The standard InChI is InChI=1S/C16H24N4O6S/c1-5-6-27-15-18-13(10(20(22)23)14(19-15)24-4)17-8-7-9(21)12-11(8)25-16(2,3)26-12/h8-9,11-12,21H,5-7H2,1-4H3,(H,17,18,19)/t8-,9+,11+,12-/m1/s1. The summed E-state index contributed by atoms with van der Waals surface area (Å²) in [6, 6.07) is -0.394. The van der Waals surface area contributed by atoms with Crippen molar-refractivity contribution in [1.29, 1.82) is 0 Å². The van der Waals surface area contributed by atoms with Crippen LogP contribution in [0.25, 0.3) is 0 Å². The molecule has 2 aliphatic rings. The molecular weight excluding hydrogens is 376 g/mol. The van der Waals surface area contributed by atoms with E-state index in [9.17, 15) is 15.2 Å². The zero-order chi connectivity index (χ0) is 19.8. The lowest BCUT2D eigenvalue weighted by Gasteiger charge is -2.23. The van der Waals surface area contributed by atoms with Gasteiger partial charge in [-0.05, 0) is 26.7 Å². The van der Waals surface area contributed by atoms with Crippen LogP contribution in [0.1, 0.15) is 33.6 Å². The van der Waals surface area contributed by atoms with Crippen molar-refractivity contribution >= 4 is 23.3 Å². The maximum absolute atomic E-state index is 11.6. The minimum absolute atomic E-state index is 0.0524. The molecule has 1 saturated carbocycles. The van der Waals surface area contributed by atoms with E-state index < -0.39 is 35.1 Å². The van der Waals surface area contributed by atoms with Gasteiger partial charge in [0.05, 0.1) is 24.2 Å². The first-order valence-corrected chi connectivity index (χ1v) is 9.77. The number of hydrogen-bond acceptors (Lipinski definition) is 10. The van der Waals surface area contributed by atoms with Crippen molar-refractivity contribution in [2.75, 3.05) is 18.2 Å². The number of nitrogens with zero attached hydrogens (tertiary/aromatic N) is 3. The molecule has 4 atom stereocenters. The van der Waals surface area contributed by atoms with Gasteiger partial charge in [0.15, 0.2) is 10.9 Å². The number of aliphatic hydroxyl groups is 1. The number of aromatic nitrogens is 2. The molecule has 3 rings (SSSR count). The smallest absolute Gasteiger partial charge is 0.372 e. The van der Waals surface area contributed by atoms with E-state index in [1.165, 1.54) is 18.9 Å². The lowest BCUT2D eigenvalue weighted by Crippen LogP contribution is -2.35. The molecule has 1 aliphatic heterocycles. The molecule has 0 spiro atoms. The first-order valence-electron chi connectivity index (χ1n) is 8.79. The zero-order valence-electron chi connectivity index (χ0n) is 15.7. The average Bonchev–Trinajstić information content (AvgIpc) is 3.06. The molecule has 0 aromatic carbocycles. The van der Waals surface area contributed by atoms with Crippen LogP contribution >= 0.6 is 11.8 Å². The third kappa shape index (κ3) is 4.10. The summed E-state index contributed by atoms with van der Waals surface area (Å²) in [5, 5.41) is 25.3. The molecule has 2 N–H and O–H groups in total. The van der Waals surface area contributed by atoms with Crippen LogP contribution in [0.2, 0.25) is 0 Å². The SMILES string of the molecule is CCCSc1nc(N[C@@H]2C[C@H](O)[C@H]3OC(C)(C)O[C@H]32)c([N+](=O)[O-])c(OC)n1. The molecule has 11 heteroatoms. The number of hydrogen-bond donors (Lipinski definition) is 2. The summed E-state index contributed by atoms with van der Waals surface area (Å²) in [6.45, 7) is 5.56. The topological polar surface area (TPSA) is 129 Å². The maximum atomic E-state index is 11.6. The Morgan fingerprint density at radius 2 is 2.11 bits per heavy atom. The number of nitrogens with one attached hydrogen (secondary N) is 1. The van der Waals surface area contributed by atoms with Crippen LogP contribution in [0.15, 0.2) is 5.16 Å². The molecule has 2 fully saturated rings. The Balaban J connectivity index is 1.91. The number of rotatable bonds is 7. The first-order chi connectivity index (χ1) is 12.8. The largest absolute Gasteiger partial charge is 0.476 e. The van der Waals surface area contributed by atoms with Crippen molar-refractivity contribution in [3.63, 3.8) is 0 Å². The fourth-order valence-electron chi connectivity index (χ4n) is 3.35. The van der Waals surface area contributed by atoms with E-state index in [1.54, 1.807) is 13.8 Å². The summed E-state index contributed by atoms with van der Waals surface area (Å²) in [4.78, 5) is 19.5. The summed E-state index contributed by atoms with van der Waals surface area (Å²) in [6.07, 6.45) is -0.427. The van der Waals surface area contributed by atoms with Crippen LogP contribution in [0.5, 0.6) is 5.88 Å². The predicted octanol–water partition coefficient (Wildman–Crippen LogP) is 1.96. The Labute approximate surface area is 161 Å². The molecule has 0 radical (unpaired) electrons. The predicted molar refractivity (Wildman–Crippen MR) is 98.1 cm³/mol. The van der Waals surface area contributed by atoms with Crippen molar-refractivity contribution in [2.24, 2.45) is 0 Å². The van der Waals surface area contributed by atoms with E-state index in [2.05, 4.69) is 15.3 Å². The molecule has 0 bridgehead atoms. The second kappa shape index (κ2) is 7.74. The molecule has 1 aromatic heterocycles. The fourth-order valence-corrected chi connectivity index (χ4v) is 4.04. The number of aliphatic hydroxyl groups excluding tert-OH is 1. The summed E-state index contributed by atoms with van der Waals surface area (Å²) in [5.41, 5.74) is -0.338. The van der Waals surface area contributed by atoms with Gasteiger partial charge in [-0.1, -0.05) is 18.7 Å². The van der Waals surface area contributed by atoms with E-state index in [0.29, 0.717) is 11.6 Å². The highest BCUT2D eigenvalue weighted by Gasteiger charge is 2.54. The van der Waals surface area contributed by atoms with Crippen molar-refractivity contribution in [1.82, 2.24) is 9.97 Å². The van der Waals surface area contributed by atoms with Crippen LogP contribution in [0.3, 0.4) is 0 Å². The summed E-state index contributed by atoms with van der Waals surface area (Å²) >= 11 is 1.39. The quantitative estimate of drug-likeness (QED) is 0.303. The second-order valence-electron chi connectivity index (χ2n) is 6.94. The van der Waals surface area contributed by atoms with Gasteiger partial charge in [-0.3, -0.25) is 10.1 Å². The number of anilines is 1. The maximum Gasteiger partial charge on any atom is 0.372 e. The lowest BCUT2D eigenvalue weighted by molar-refractivity contribution is -0.385. The highest BCUT2D eigenvalue weighted by Crippen LogP contribution is 2.41. The number of ether oxygens (including phenoxy) is 3. The molecule has 2 heterocycles. The van der Waals surface area contributed by atoms with Crippen LogP contribution in [-0.2, 0) is 9.47 Å². The highest BCUT2D eigenvalue weighted by molar-refractivity contribution is 7.99. The minimum Gasteiger partial charge on any atom is -0.476 e. The Morgan fingerprint density at radius 3 is 2.74 bits per heavy atom. The van der Waals surface area contributed by atoms with E-state index >= 15 is 0 Å². The lowest BCUT2D eigenvalue weighted by atomic mass is 10.2. The van der Waals surface area contributed by atoms with Gasteiger partial charge in [0.1, 0.15) is 12.2 Å². The van der Waals surface area contributed by atoms with Gasteiger partial charge in [0, 0.05) is 5.75 Å². The van der Waals surface area contributed by atoms with Crippen molar-refractivity contribution < 1.29 is 24.2 Å². The van der Waals surface area contributed by atoms with Crippen molar-refractivity contribution in [3.8, 4) is 5.88 Å². The van der Waals surface area contributed by atoms with Gasteiger partial charge in [0.25, 0.3) is 0 Å². The summed E-state index contributed by atoms with van der Waals surface area (Å²) in [7, 11) is 1.33. The van der Waals surface area contributed by atoms with Gasteiger partial charge in [-0.15, -0.1) is 0 Å². The number of fused-ring (bicyclic) bond motifs is 1. The van der Waals surface area contributed by atoms with E-state index in [0.717, 1.165) is 12.2 Å². The number of methoxy groups -OCH3 is 1. The number of nitro groups is 1. The monoisotopic (exact) mass is 400 g/mol. The molecule has 0 unspecified atom stereocenters. The fraction of sp³-hybridized carbons (Fsp3) is 0.750. The Kier molecular flexibility index (Phi) is 5.75. The summed E-state index contributed by atoms with van der Waals surface area (Å²) in [5.74, 6) is -0.0984. The Hall–Kier alpha value is -1.69. The molecular formula is C16H24N4O6S. The number of thioether (sulfide) groups is 1. The van der Waals surface area contributed by atoms with Crippen molar-refractivity contribution in [3.05, 3.63) is 10.1 Å². The molecule has 10 nitrogen and oxygen atoms in total. The van der Waals surface area contributed by atoms with E-state index in [4.69, 9.17) is 14.2 Å². The molecule has 1 aliphatic carbocycles. The average molecular weight is 400 g/mol.